The van der Waals surface area contributed by atoms with E-state index in [9.17, 15) is 13.2 Å². The Hall–Kier alpha value is -0.960. The molecule has 1 aromatic heterocycles. The van der Waals surface area contributed by atoms with Crippen LogP contribution in [0.3, 0.4) is 0 Å². The van der Waals surface area contributed by atoms with Crippen LogP contribution in [0.5, 0.6) is 0 Å². The summed E-state index contributed by atoms with van der Waals surface area (Å²) in [4.78, 5) is 14.1. The fourth-order valence-corrected chi connectivity index (χ4v) is 5.43. The first-order valence-corrected chi connectivity index (χ1v) is 10.5. The Morgan fingerprint density at radius 3 is 2.09 bits per heavy atom. The molecule has 3 rings (SSSR count). The zero-order valence-electron chi connectivity index (χ0n) is 13.2. The molecular weight excluding hydrogens is 334 g/mol. The lowest BCUT2D eigenvalue weighted by Gasteiger charge is -2.36. The van der Waals surface area contributed by atoms with Gasteiger partial charge < -0.3 is 4.90 Å². The van der Waals surface area contributed by atoms with Crippen molar-refractivity contribution in [2.24, 2.45) is 0 Å². The Morgan fingerprint density at radius 2 is 1.52 bits per heavy atom. The van der Waals surface area contributed by atoms with Crippen LogP contribution in [0.1, 0.15) is 36.0 Å². The molecule has 3 heterocycles. The maximum absolute atomic E-state index is 12.7. The number of carbonyl (C=O) groups excluding carboxylic acids is 1. The van der Waals surface area contributed by atoms with Crippen LogP contribution in [0.4, 0.5) is 0 Å². The molecule has 0 bridgehead atoms. The smallest absolute Gasteiger partial charge is 0.282 e. The molecule has 0 aromatic carbocycles. The van der Waals surface area contributed by atoms with Crippen LogP contribution in [-0.4, -0.2) is 67.1 Å². The predicted octanol–water partition coefficient (Wildman–Crippen LogP) is 1.63. The number of rotatable bonds is 3. The molecule has 0 N–H and O–H groups in total. The van der Waals surface area contributed by atoms with Gasteiger partial charge in [-0.1, -0.05) is 12.8 Å². The van der Waals surface area contributed by atoms with Gasteiger partial charge in [0.15, 0.2) is 0 Å². The summed E-state index contributed by atoms with van der Waals surface area (Å²) in [5.41, 5.74) is 0.693. The topological polar surface area (TPSA) is 60.9 Å². The van der Waals surface area contributed by atoms with Crippen LogP contribution in [-0.2, 0) is 10.2 Å². The second kappa shape index (κ2) is 7.29. The van der Waals surface area contributed by atoms with Crippen molar-refractivity contribution in [1.82, 2.24) is 13.5 Å². The maximum Gasteiger partial charge on any atom is 0.282 e. The minimum atomic E-state index is -3.38. The van der Waals surface area contributed by atoms with Crippen molar-refractivity contribution in [3.8, 4) is 0 Å². The van der Waals surface area contributed by atoms with Crippen molar-refractivity contribution in [3.63, 3.8) is 0 Å². The van der Waals surface area contributed by atoms with E-state index in [1.54, 1.807) is 9.21 Å². The van der Waals surface area contributed by atoms with Crippen molar-refractivity contribution >= 4 is 27.5 Å². The van der Waals surface area contributed by atoms with Gasteiger partial charge in [-0.3, -0.25) is 4.79 Å². The molecule has 0 atom stereocenters. The quantitative estimate of drug-likeness (QED) is 0.826. The van der Waals surface area contributed by atoms with E-state index in [1.165, 1.54) is 15.6 Å². The molecule has 1 amide bonds. The summed E-state index contributed by atoms with van der Waals surface area (Å²) in [5, 5.41) is 3.72. The monoisotopic (exact) mass is 357 g/mol. The molecular formula is C15H23N3O3S2. The summed E-state index contributed by atoms with van der Waals surface area (Å²) in [7, 11) is -3.38. The number of piperazine rings is 1. The van der Waals surface area contributed by atoms with Gasteiger partial charge in [0, 0.05) is 44.6 Å². The normalized spacial score (nSPS) is 22.0. The summed E-state index contributed by atoms with van der Waals surface area (Å²) in [6.45, 7) is 2.93. The largest absolute Gasteiger partial charge is 0.336 e. The zero-order chi connectivity index (χ0) is 16.3. The molecule has 1 aromatic rings. The minimum Gasteiger partial charge on any atom is -0.336 e. The van der Waals surface area contributed by atoms with Gasteiger partial charge in [0.05, 0.1) is 5.56 Å². The number of amides is 1. The third-order valence-corrected chi connectivity index (χ3v) is 7.23. The van der Waals surface area contributed by atoms with Gasteiger partial charge in [-0.15, -0.1) is 0 Å². The Morgan fingerprint density at radius 1 is 0.913 bits per heavy atom. The molecule has 128 valence electrons. The molecule has 2 fully saturated rings. The highest BCUT2D eigenvalue weighted by molar-refractivity contribution is 7.86. The lowest BCUT2D eigenvalue weighted by molar-refractivity contribution is 0.0694. The second-order valence-corrected chi connectivity index (χ2v) is 8.73. The summed E-state index contributed by atoms with van der Waals surface area (Å²) < 4.78 is 28.7. The van der Waals surface area contributed by atoms with E-state index in [0.717, 1.165) is 25.7 Å². The molecule has 8 heteroatoms. The fraction of sp³-hybridized carbons (Fsp3) is 0.667. The zero-order valence-corrected chi connectivity index (χ0v) is 14.8. The molecule has 0 saturated carbocycles. The van der Waals surface area contributed by atoms with Gasteiger partial charge in [-0.25, -0.2) is 0 Å². The number of carbonyl (C=O) groups is 1. The first-order chi connectivity index (χ1) is 11.1. The molecule has 0 aliphatic carbocycles. The molecule has 23 heavy (non-hydrogen) atoms. The molecule has 0 unspecified atom stereocenters. The Bertz CT molecular complexity index is 614. The molecule has 0 radical (unpaired) electrons. The minimum absolute atomic E-state index is 0.00179. The number of nitrogens with zero attached hydrogens (tertiary/aromatic N) is 3. The lowest BCUT2D eigenvalue weighted by atomic mass is 10.2. The van der Waals surface area contributed by atoms with Gasteiger partial charge in [0.25, 0.3) is 16.1 Å². The highest BCUT2D eigenvalue weighted by atomic mass is 32.2. The van der Waals surface area contributed by atoms with Crippen molar-refractivity contribution < 1.29 is 13.2 Å². The molecule has 2 saturated heterocycles. The van der Waals surface area contributed by atoms with Crippen LogP contribution in [0.15, 0.2) is 16.8 Å². The van der Waals surface area contributed by atoms with Gasteiger partial charge in [-0.2, -0.15) is 28.4 Å². The lowest BCUT2D eigenvalue weighted by Crippen LogP contribution is -2.54. The van der Waals surface area contributed by atoms with Crippen molar-refractivity contribution in [2.45, 2.75) is 25.7 Å². The first kappa shape index (κ1) is 16.9. The average Bonchev–Trinajstić information content (AvgIpc) is 2.96. The number of thiophene rings is 1. The highest BCUT2D eigenvalue weighted by Crippen LogP contribution is 2.19. The van der Waals surface area contributed by atoms with Gasteiger partial charge >= 0.3 is 0 Å². The van der Waals surface area contributed by atoms with E-state index >= 15 is 0 Å². The molecule has 6 nitrogen and oxygen atoms in total. The molecule has 2 aliphatic heterocycles. The van der Waals surface area contributed by atoms with E-state index in [4.69, 9.17) is 0 Å². The number of hydrogen-bond acceptors (Lipinski definition) is 4. The van der Waals surface area contributed by atoms with Crippen LogP contribution < -0.4 is 0 Å². The Balaban J connectivity index is 1.60. The van der Waals surface area contributed by atoms with E-state index in [0.29, 0.717) is 44.8 Å². The Labute approximate surface area is 141 Å². The standard InChI is InChI=1S/C15H23N3O3S2/c19-15(14-5-12-22-13-14)16-8-10-18(11-9-16)23(20,21)17-6-3-1-2-4-7-17/h5,12-13H,1-4,6-11H2. The molecule has 2 aliphatic rings. The van der Waals surface area contributed by atoms with Crippen LogP contribution in [0.2, 0.25) is 0 Å². The van der Waals surface area contributed by atoms with Gasteiger partial charge in [0.1, 0.15) is 0 Å². The predicted molar refractivity (Wildman–Crippen MR) is 90.8 cm³/mol. The second-order valence-electron chi connectivity index (χ2n) is 6.02. The van der Waals surface area contributed by atoms with E-state index in [2.05, 4.69) is 0 Å². The van der Waals surface area contributed by atoms with Crippen molar-refractivity contribution in [2.75, 3.05) is 39.3 Å². The van der Waals surface area contributed by atoms with Gasteiger partial charge in [0.2, 0.25) is 0 Å². The summed E-state index contributed by atoms with van der Waals surface area (Å²) in [6.07, 6.45) is 4.09. The van der Waals surface area contributed by atoms with Crippen LogP contribution >= 0.6 is 11.3 Å². The van der Waals surface area contributed by atoms with Crippen molar-refractivity contribution in [1.29, 1.82) is 0 Å². The first-order valence-electron chi connectivity index (χ1n) is 8.16. The van der Waals surface area contributed by atoms with Crippen molar-refractivity contribution in [3.05, 3.63) is 22.4 Å². The maximum atomic E-state index is 12.7. The van der Waals surface area contributed by atoms with Crippen LogP contribution in [0.25, 0.3) is 0 Å². The van der Waals surface area contributed by atoms with Gasteiger partial charge in [-0.05, 0) is 24.3 Å². The highest BCUT2D eigenvalue weighted by Gasteiger charge is 2.33. The van der Waals surface area contributed by atoms with Crippen LogP contribution in [0, 0.1) is 0 Å². The Kier molecular flexibility index (Phi) is 5.35. The molecule has 0 spiro atoms. The van der Waals surface area contributed by atoms with E-state index in [1.807, 2.05) is 16.8 Å². The SMILES string of the molecule is O=C(c1ccsc1)N1CCN(S(=O)(=O)N2CCCCCC2)CC1. The summed E-state index contributed by atoms with van der Waals surface area (Å²) in [5.74, 6) is -0.00179. The van der Waals surface area contributed by atoms with E-state index in [-0.39, 0.29) is 5.91 Å². The van der Waals surface area contributed by atoms with E-state index < -0.39 is 10.2 Å². The summed E-state index contributed by atoms with van der Waals surface area (Å²) >= 11 is 1.50. The average molecular weight is 358 g/mol. The number of hydrogen-bond donors (Lipinski definition) is 0. The fourth-order valence-electron chi connectivity index (χ4n) is 3.13. The third kappa shape index (κ3) is 3.76. The third-order valence-electron chi connectivity index (χ3n) is 4.51. The summed E-state index contributed by atoms with van der Waals surface area (Å²) in [6, 6.07) is 1.81.